The normalized spacial score (nSPS) is 10.6. The number of hydrogen-bond donors (Lipinski definition) is 1. The molecule has 0 saturated heterocycles. The number of aromatic nitrogens is 1. The van der Waals surface area contributed by atoms with Gasteiger partial charge in [0.1, 0.15) is 11.3 Å². The van der Waals surface area contributed by atoms with Crippen molar-refractivity contribution < 1.29 is 4.74 Å². The van der Waals surface area contributed by atoms with Gasteiger partial charge in [-0.2, -0.15) is 0 Å². The van der Waals surface area contributed by atoms with Crippen molar-refractivity contribution >= 4 is 10.9 Å². The van der Waals surface area contributed by atoms with Gasteiger partial charge in [-0.05, 0) is 29.8 Å². The van der Waals surface area contributed by atoms with Crippen LogP contribution in [0.15, 0.2) is 60.8 Å². The second kappa shape index (κ2) is 5.08. The van der Waals surface area contributed by atoms with Crippen LogP contribution in [0.5, 0.6) is 11.5 Å². The lowest BCUT2D eigenvalue weighted by molar-refractivity contribution is 0.487. The topological polar surface area (TPSA) is 48.1 Å². The van der Waals surface area contributed by atoms with Crippen molar-refractivity contribution in [1.29, 1.82) is 0 Å². The number of hydrogen-bond acceptors (Lipinski definition) is 3. The average molecular weight is 250 g/mol. The van der Waals surface area contributed by atoms with Gasteiger partial charge < -0.3 is 10.5 Å². The van der Waals surface area contributed by atoms with E-state index in [1.54, 1.807) is 6.20 Å². The molecule has 0 radical (unpaired) electrons. The number of nitrogens with zero attached hydrogens (tertiary/aromatic N) is 1. The molecule has 1 aromatic heterocycles. The van der Waals surface area contributed by atoms with E-state index in [0.717, 1.165) is 28.0 Å². The molecule has 3 heteroatoms. The Labute approximate surface area is 111 Å². The molecule has 3 aromatic rings. The van der Waals surface area contributed by atoms with Crippen LogP contribution in [0, 0.1) is 0 Å². The number of benzene rings is 2. The SMILES string of the molecule is NCc1ccc(Oc2cccc3cccnc23)cc1. The summed E-state index contributed by atoms with van der Waals surface area (Å²) >= 11 is 0. The fourth-order valence-electron chi connectivity index (χ4n) is 1.98. The molecular weight excluding hydrogens is 236 g/mol. The summed E-state index contributed by atoms with van der Waals surface area (Å²) in [6.45, 7) is 0.538. The third kappa shape index (κ3) is 2.41. The first-order valence-electron chi connectivity index (χ1n) is 6.17. The zero-order chi connectivity index (χ0) is 13.1. The highest BCUT2D eigenvalue weighted by atomic mass is 16.5. The van der Waals surface area contributed by atoms with Crippen LogP contribution >= 0.6 is 0 Å². The van der Waals surface area contributed by atoms with Crippen LogP contribution < -0.4 is 10.5 Å². The van der Waals surface area contributed by atoms with Gasteiger partial charge in [0.05, 0.1) is 0 Å². The van der Waals surface area contributed by atoms with Gasteiger partial charge in [0.2, 0.25) is 0 Å². The Kier molecular flexibility index (Phi) is 3.12. The van der Waals surface area contributed by atoms with Gasteiger partial charge in [-0.15, -0.1) is 0 Å². The lowest BCUT2D eigenvalue weighted by Crippen LogP contribution is -1.95. The van der Waals surface area contributed by atoms with Crippen molar-refractivity contribution in [2.75, 3.05) is 0 Å². The maximum atomic E-state index is 5.89. The average Bonchev–Trinajstić information content (AvgIpc) is 2.48. The van der Waals surface area contributed by atoms with E-state index in [4.69, 9.17) is 10.5 Å². The number of fused-ring (bicyclic) bond motifs is 1. The monoisotopic (exact) mass is 250 g/mol. The standard InChI is InChI=1S/C16H14N2O/c17-11-12-6-8-14(9-7-12)19-15-5-1-3-13-4-2-10-18-16(13)15/h1-10H,11,17H2. The van der Waals surface area contributed by atoms with E-state index in [2.05, 4.69) is 4.98 Å². The third-order valence-corrected chi connectivity index (χ3v) is 2.98. The molecule has 3 nitrogen and oxygen atoms in total. The molecule has 0 aliphatic rings. The summed E-state index contributed by atoms with van der Waals surface area (Å²) in [7, 11) is 0. The molecule has 0 spiro atoms. The van der Waals surface area contributed by atoms with Gasteiger partial charge in [0.15, 0.2) is 5.75 Å². The second-order valence-corrected chi connectivity index (χ2v) is 4.28. The third-order valence-electron chi connectivity index (χ3n) is 2.98. The van der Waals surface area contributed by atoms with E-state index in [-0.39, 0.29) is 0 Å². The summed E-state index contributed by atoms with van der Waals surface area (Å²) in [4.78, 5) is 4.37. The largest absolute Gasteiger partial charge is 0.455 e. The van der Waals surface area contributed by atoms with Crippen LogP contribution in [0.4, 0.5) is 0 Å². The van der Waals surface area contributed by atoms with Crippen LogP contribution in [0.2, 0.25) is 0 Å². The minimum atomic E-state index is 0.538. The Morgan fingerprint density at radius 2 is 1.74 bits per heavy atom. The van der Waals surface area contributed by atoms with Gasteiger partial charge in [-0.25, -0.2) is 0 Å². The first-order valence-corrected chi connectivity index (χ1v) is 6.17. The maximum absolute atomic E-state index is 5.89. The predicted molar refractivity (Wildman–Crippen MR) is 76.2 cm³/mol. The summed E-state index contributed by atoms with van der Waals surface area (Å²) in [5.41, 5.74) is 7.53. The number of para-hydroxylation sites is 1. The molecular formula is C16H14N2O. The molecule has 0 unspecified atom stereocenters. The molecule has 0 atom stereocenters. The number of nitrogens with two attached hydrogens (primary N) is 1. The van der Waals surface area contributed by atoms with Crippen molar-refractivity contribution in [3.05, 3.63) is 66.4 Å². The summed E-state index contributed by atoms with van der Waals surface area (Å²) < 4.78 is 5.89. The Balaban J connectivity index is 1.96. The van der Waals surface area contributed by atoms with E-state index in [9.17, 15) is 0 Å². The zero-order valence-electron chi connectivity index (χ0n) is 10.4. The summed E-state index contributed by atoms with van der Waals surface area (Å²) in [6.07, 6.45) is 1.77. The van der Waals surface area contributed by atoms with Gasteiger partial charge in [-0.3, -0.25) is 4.98 Å². The highest BCUT2D eigenvalue weighted by Crippen LogP contribution is 2.28. The van der Waals surface area contributed by atoms with Crippen LogP contribution in [0.25, 0.3) is 10.9 Å². The summed E-state index contributed by atoms with van der Waals surface area (Å²) in [5, 5.41) is 1.07. The molecule has 0 bridgehead atoms. The highest BCUT2D eigenvalue weighted by molar-refractivity contribution is 5.84. The van der Waals surface area contributed by atoms with Gasteiger partial charge in [-0.1, -0.05) is 30.3 Å². The summed E-state index contributed by atoms with van der Waals surface area (Å²) in [5.74, 6) is 1.55. The van der Waals surface area contributed by atoms with E-state index in [0.29, 0.717) is 6.54 Å². The molecule has 0 saturated carbocycles. The van der Waals surface area contributed by atoms with E-state index < -0.39 is 0 Å². The number of rotatable bonds is 3. The number of pyridine rings is 1. The van der Waals surface area contributed by atoms with Crippen molar-refractivity contribution in [3.63, 3.8) is 0 Å². The van der Waals surface area contributed by atoms with E-state index in [1.165, 1.54) is 0 Å². The smallest absolute Gasteiger partial charge is 0.153 e. The Bertz CT molecular complexity index is 687. The fourth-order valence-corrected chi connectivity index (χ4v) is 1.98. The van der Waals surface area contributed by atoms with Crippen molar-refractivity contribution in [1.82, 2.24) is 4.98 Å². The number of ether oxygens (including phenoxy) is 1. The van der Waals surface area contributed by atoms with Gasteiger partial charge in [0, 0.05) is 18.1 Å². The van der Waals surface area contributed by atoms with E-state index >= 15 is 0 Å². The fraction of sp³-hybridized carbons (Fsp3) is 0.0625. The first kappa shape index (κ1) is 11.7. The van der Waals surface area contributed by atoms with Crippen LogP contribution in [0.1, 0.15) is 5.56 Å². The highest BCUT2D eigenvalue weighted by Gasteiger charge is 2.04. The van der Waals surface area contributed by atoms with Gasteiger partial charge >= 0.3 is 0 Å². The van der Waals surface area contributed by atoms with Gasteiger partial charge in [0.25, 0.3) is 0 Å². The Morgan fingerprint density at radius 1 is 0.947 bits per heavy atom. The Hall–Kier alpha value is -2.39. The molecule has 2 N–H and O–H groups in total. The van der Waals surface area contributed by atoms with Crippen LogP contribution in [-0.2, 0) is 6.54 Å². The molecule has 0 aliphatic heterocycles. The van der Waals surface area contributed by atoms with Crippen molar-refractivity contribution in [3.8, 4) is 11.5 Å². The second-order valence-electron chi connectivity index (χ2n) is 4.28. The lowest BCUT2D eigenvalue weighted by Gasteiger charge is -2.08. The molecule has 19 heavy (non-hydrogen) atoms. The minimum absolute atomic E-state index is 0.538. The summed E-state index contributed by atoms with van der Waals surface area (Å²) in [6, 6.07) is 17.6. The molecule has 3 rings (SSSR count). The molecule has 94 valence electrons. The molecule has 1 heterocycles. The molecule has 2 aromatic carbocycles. The minimum Gasteiger partial charge on any atom is -0.455 e. The predicted octanol–water partition coefficient (Wildman–Crippen LogP) is 3.49. The van der Waals surface area contributed by atoms with E-state index in [1.807, 2.05) is 54.6 Å². The zero-order valence-corrected chi connectivity index (χ0v) is 10.4. The maximum Gasteiger partial charge on any atom is 0.153 e. The molecule has 0 amide bonds. The molecule has 0 fully saturated rings. The van der Waals surface area contributed by atoms with Crippen LogP contribution in [0.3, 0.4) is 0 Å². The lowest BCUT2D eigenvalue weighted by atomic mass is 10.2. The van der Waals surface area contributed by atoms with Crippen molar-refractivity contribution in [2.24, 2.45) is 5.73 Å². The Morgan fingerprint density at radius 3 is 2.53 bits per heavy atom. The van der Waals surface area contributed by atoms with Crippen LogP contribution in [-0.4, -0.2) is 4.98 Å². The van der Waals surface area contributed by atoms with Crippen molar-refractivity contribution in [2.45, 2.75) is 6.54 Å². The first-order chi connectivity index (χ1) is 9.36. The molecule has 0 aliphatic carbocycles. The quantitative estimate of drug-likeness (QED) is 0.774.